The highest BCUT2D eigenvalue weighted by Crippen LogP contribution is 2.29. The summed E-state index contributed by atoms with van der Waals surface area (Å²) in [7, 11) is 0. The van der Waals surface area contributed by atoms with Crippen molar-refractivity contribution in [2.75, 3.05) is 13.2 Å². The molecule has 0 heterocycles. The smallest absolute Gasteiger partial charge is 0.251 e. The van der Waals surface area contributed by atoms with E-state index in [2.05, 4.69) is 19.2 Å². The number of hydrogen-bond donors (Lipinski definition) is 2. The van der Waals surface area contributed by atoms with Crippen LogP contribution in [0.4, 0.5) is 0 Å². The predicted molar refractivity (Wildman–Crippen MR) is 96.3 cm³/mol. The lowest BCUT2D eigenvalue weighted by atomic mass is 9.90. The molecule has 0 aliphatic heterocycles. The lowest BCUT2D eigenvalue weighted by Crippen LogP contribution is -2.52. The standard InChI is InChI=1S/C18H28N2O2.ClH/c1-13(2)10-18(3,12-19)20-17(21)15-6-8-16(9-7-15)22-11-14-4-5-14;/h6-9,13-14H,4-5,10-12,19H2,1-3H3,(H,20,21);1H. The third-order valence-corrected chi connectivity index (χ3v) is 4.02. The molecule has 1 aliphatic carbocycles. The Labute approximate surface area is 145 Å². The zero-order valence-electron chi connectivity index (χ0n) is 14.3. The minimum atomic E-state index is -0.369. The van der Waals surface area contributed by atoms with E-state index >= 15 is 0 Å². The molecule has 0 radical (unpaired) electrons. The summed E-state index contributed by atoms with van der Waals surface area (Å²) in [6.45, 7) is 7.47. The fourth-order valence-electron chi connectivity index (χ4n) is 2.63. The molecule has 1 aliphatic rings. The van der Waals surface area contributed by atoms with Crippen LogP contribution in [0.2, 0.25) is 0 Å². The van der Waals surface area contributed by atoms with Crippen LogP contribution in [0.5, 0.6) is 5.75 Å². The number of halogens is 1. The van der Waals surface area contributed by atoms with Gasteiger partial charge in [-0.05, 0) is 62.3 Å². The van der Waals surface area contributed by atoms with Gasteiger partial charge in [0, 0.05) is 17.6 Å². The van der Waals surface area contributed by atoms with Crippen LogP contribution >= 0.6 is 12.4 Å². The minimum Gasteiger partial charge on any atom is -0.493 e. The molecule has 1 aromatic rings. The Morgan fingerprint density at radius 3 is 2.43 bits per heavy atom. The summed E-state index contributed by atoms with van der Waals surface area (Å²) >= 11 is 0. The molecule has 23 heavy (non-hydrogen) atoms. The lowest BCUT2D eigenvalue weighted by molar-refractivity contribution is 0.0898. The van der Waals surface area contributed by atoms with E-state index in [0.29, 0.717) is 18.0 Å². The predicted octanol–water partition coefficient (Wildman–Crippen LogP) is 3.39. The van der Waals surface area contributed by atoms with Crippen molar-refractivity contribution in [1.29, 1.82) is 0 Å². The first-order chi connectivity index (χ1) is 10.4. The summed E-state index contributed by atoms with van der Waals surface area (Å²) in [5.74, 6) is 1.95. The van der Waals surface area contributed by atoms with E-state index in [9.17, 15) is 4.79 Å². The lowest BCUT2D eigenvalue weighted by Gasteiger charge is -2.31. The molecular weight excluding hydrogens is 312 g/mol. The summed E-state index contributed by atoms with van der Waals surface area (Å²) in [4.78, 5) is 12.4. The fraction of sp³-hybridized carbons (Fsp3) is 0.611. The van der Waals surface area contributed by atoms with Gasteiger partial charge in [0.2, 0.25) is 0 Å². The molecule has 1 unspecified atom stereocenters. The number of carbonyl (C=O) groups excluding carboxylic acids is 1. The first-order valence-corrected chi connectivity index (χ1v) is 8.17. The van der Waals surface area contributed by atoms with Crippen molar-refractivity contribution in [3.8, 4) is 5.75 Å². The van der Waals surface area contributed by atoms with E-state index in [1.54, 1.807) is 0 Å². The van der Waals surface area contributed by atoms with Crippen molar-refractivity contribution in [3.05, 3.63) is 29.8 Å². The topological polar surface area (TPSA) is 64.3 Å². The summed E-state index contributed by atoms with van der Waals surface area (Å²) < 4.78 is 5.69. The van der Waals surface area contributed by atoms with Gasteiger partial charge in [0.05, 0.1) is 6.61 Å². The molecule has 1 aromatic carbocycles. The highest BCUT2D eigenvalue weighted by molar-refractivity contribution is 5.94. The average molecular weight is 341 g/mol. The van der Waals surface area contributed by atoms with E-state index in [-0.39, 0.29) is 23.9 Å². The number of rotatable bonds is 8. The van der Waals surface area contributed by atoms with Gasteiger partial charge in [0.25, 0.3) is 5.91 Å². The molecule has 2 rings (SSSR count). The van der Waals surface area contributed by atoms with Crippen LogP contribution in [0.1, 0.15) is 50.4 Å². The molecule has 1 saturated carbocycles. The van der Waals surface area contributed by atoms with Gasteiger partial charge in [-0.15, -0.1) is 12.4 Å². The molecule has 0 spiro atoms. The largest absolute Gasteiger partial charge is 0.493 e. The Bertz CT molecular complexity index is 500. The van der Waals surface area contributed by atoms with Gasteiger partial charge in [-0.3, -0.25) is 4.79 Å². The molecule has 1 fully saturated rings. The fourth-order valence-corrected chi connectivity index (χ4v) is 2.63. The molecule has 0 saturated heterocycles. The second-order valence-electron chi connectivity index (χ2n) is 7.10. The minimum absolute atomic E-state index is 0. The third-order valence-electron chi connectivity index (χ3n) is 4.02. The zero-order chi connectivity index (χ0) is 16.2. The van der Waals surface area contributed by atoms with Gasteiger partial charge in [-0.25, -0.2) is 0 Å². The molecule has 0 aromatic heterocycles. The molecule has 5 heteroatoms. The number of nitrogens with one attached hydrogen (secondary N) is 1. The molecule has 4 nitrogen and oxygen atoms in total. The highest BCUT2D eigenvalue weighted by atomic mass is 35.5. The second kappa shape index (κ2) is 8.55. The van der Waals surface area contributed by atoms with Crippen molar-refractivity contribution in [2.45, 2.75) is 45.6 Å². The van der Waals surface area contributed by atoms with E-state index in [1.165, 1.54) is 12.8 Å². The summed E-state index contributed by atoms with van der Waals surface area (Å²) in [6.07, 6.45) is 3.40. The highest BCUT2D eigenvalue weighted by Gasteiger charge is 2.26. The zero-order valence-corrected chi connectivity index (χ0v) is 15.1. The normalized spacial score (nSPS) is 16.4. The van der Waals surface area contributed by atoms with Gasteiger partial charge in [0.1, 0.15) is 5.75 Å². The number of hydrogen-bond acceptors (Lipinski definition) is 3. The van der Waals surface area contributed by atoms with E-state index in [1.807, 2.05) is 31.2 Å². The third kappa shape index (κ3) is 6.40. The number of benzene rings is 1. The van der Waals surface area contributed by atoms with Crippen LogP contribution < -0.4 is 15.8 Å². The van der Waals surface area contributed by atoms with Gasteiger partial charge >= 0.3 is 0 Å². The van der Waals surface area contributed by atoms with Crippen molar-refractivity contribution in [1.82, 2.24) is 5.32 Å². The average Bonchev–Trinajstić information content (AvgIpc) is 3.29. The molecule has 1 atom stereocenters. The number of amides is 1. The van der Waals surface area contributed by atoms with Gasteiger partial charge in [-0.1, -0.05) is 13.8 Å². The Morgan fingerprint density at radius 2 is 1.96 bits per heavy atom. The van der Waals surface area contributed by atoms with E-state index in [4.69, 9.17) is 10.5 Å². The van der Waals surface area contributed by atoms with Crippen LogP contribution in [0, 0.1) is 11.8 Å². The molecule has 1 amide bonds. The van der Waals surface area contributed by atoms with Crippen molar-refractivity contribution < 1.29 is 9.53 Å². The Balaban J connectivity index is 0.00000264. The molecule has 130 valence electrons. The maximum atomic E-state index is 12.4. The van der Waals surface area contributed by atoms with Crippen molar-refractivity contribution in [3.63, 3.8) is 0 Å². The van der Waals surface area contributed by atoms with Crippen LogP contribution in [0.3, 0.4) is 0 Å². The van der Waals surface area contributed by atoms with Gasteiger partial charge in [0.15, 0.2) is 0 Å². The Morgan fingerprint density at radius 1 is 1.35 bits per heavy atom. The summed E-state index contributed by atoms with van der Waals surface area (Å²) in [5.41, 5.74) is 6.12. The Kier molecular flexibility index (Phi) is 7.36. The van der Waals surface area contributed by atoms with Crippen LogP contribution in [0.25, 0.3) is 0 Å². The quantitative estimate of drug-likeness (QED) is 0.762. The molecule has 0 bridgehead atoms. The van der Waals surface area contributed by atoms with Crippen molar-refractivity contribution in [2.24, 2.45) is 17.6 Å². The van der Waals surface area contributed by atoms with E-state index < -0.39 is 0 Å². The number of ether oxygens (including phenoxy) is 1. The van der Waals surface area contributed by atoms with Crippen LogP contribution in [-0.2, 0) is 0 Å². The molecule has 3 N–H and O–H groups in total. The first-order valence-electron chi connectivity index (χ1n) is 8.17. The van der Waals surface area contributed by atoms with Gasteiger partial charge in [-0.2, -0.15) is 0 Å². The number of carbonyl (C=O) groups is 1. The SMILES string of the molecule is CC(C)CC(C)(CN)NC(=O)c1ccc(OCC2CC2)cc1.Cl. The molecular formula is C18H29ClN2O2. The monoisotopic (exact) mass is 340 g/mol. The summed E-state index contributed by atoms with van der Waals surface area (Å²) in [5, 5.41) is 3.07. The van der Waals surface area contributed by atoms with Gasteiger partial charge < -0.3 is 15.8 Å². The van der Waals surface area contributed by atoms with E-state index in [0.717, 1.165) is 24.7 Å². The van der Waals surface area contributed by atoms with Crippen molar-refractivity contribution >= 4 is 18.3 Å². The maximum absolute atomic E-state index is 12.4. The maximum Gasteiger partial charge on any atom is 0.251 e. The van der Waals surface area contributed by atoms with Crippen LogP contribution in [-0.4, -0.2) is 24.6 Å². The number of nitrogens with two attached hydrogens (primary N) is 1. The first kappa shape index (κ1) is 19.8. The summed E-state index contributed by atoms with van der Waals surface area (Å²) in [6, 6.07) is 7.34. The van der Waals surface area contributed by atoms with Crippen LogP contribution in [0.15, 0.2) is 24.3 Å². The second-order valence-corrected chi connectivity index (χ2v) is 7.10. The Hall–Kier alpha value is -1.26.